The number of hydrogen-bond donors (Lipinski definition) is 0. The van der Waals surface area contributed by atoms with Crippen LogP contribution in [0.3, 0.4) is 0 Å². The highest BCUT2D eigenvalue weighted by molar-refractivity contribution is 7.99. The molecule has 2 heteroatoms. The molecule has 0 fully saturated rings. The largest absolute Gasteiger partial charge is 0.375 e. The van der Waals surface area contributed by atoms with Crippen molar-refractivity contribution in [1.82, 2.24) is 0 Å². The van der Waals surface area contributed by atoms with Crippen LogP contribution in [0.1, 0.15) is 22.5 Å². The lowest BCUT2D eigenvalue weighted by Gasteiger charge is -2.26. The molecule has 3 rings (SSSR count). The Balaban J connectivity index is 1.97. The minimum Gasteiger partial charge on any atom is -0.375 e. The molecule has 0 aliphatic carbocycles. The molecule has 0 aromatic heterocycles. The average Bonchev–Trinajstić information content (AvgIpc) is 2.64. The van der Waals surface area contributed by atoms with Crippen LogP contribution in [-0.2, 0) is 4.74 Å². The summed E-state index contributed by atoms with van der Waals surface area (Å²) in [5.41, 5.74) is 2.48. The summed E-state index contributed by atoms with van der Waals surface area (Å²) < 4.78 is 5.90. The van der Waals surface area contributed by atoms with Crippen molar-refractivity contribution in [2.24, 2.45) is 0 Å². The lowest BCUT2D eigenvalue weighted by atomic mass is 10.0. The average molecular weight is 320 g/mol. The Bertz CT molecular complexity index is 698. The maximum atomic E-state index is 5.90. The molecular weight excluding hydrogens is 300 g/mol. The summed E-state index contributed by atoms with van der Waals surface area (Å²) in [5, 5.41) is 0.200. The standard InChI is InChI=1S/C21H20OS/c1-22-20(17-11-5-2-6-12-17)21(18-13-7-3-8-14-18)23-19-15-9-4-10-16-19/h2-16,20-21H,1H3/t20-,21+/m0/s1. The molecule has 23 heavy (non-hydrogen) atoms. The van der Waals surface area contributed by atoms with E-state index in [4.69, 9.17) is 4.74 Å². The first-order chi connectivity index (χ1) is 11.4. The van der Waals surface area contributed by atoms with Crippen LogP contribution in [0, 0.1) is 0 Å². The molecule has 3 aromatic rings. The monoisotopic (exact) mass is 320 g/mol. The fraction of sp³-hybridized carbons (Fsp3) is 0.143. The van der Waals surface area contributed by atoms with Crippen molar-refractivity contribution in [2.45, 2.75) is 16.2 Å². The van der Waals surface area contributed by atoms with Crippen molar-refractivity contribution in [3.8, 4) is 0 Å². The third-order valence-electron chi connectivity index (χ3n) is 3.79. The maximum absolute atomic E-state index is 5.90. The summed E-state index contributed by atoms with van der Waals surface area (Å²) in [7, 11) is 1.79. The predicted molar refractivity (Wildman–Crippen MR) is 97.7 cm³/mol. The summed E-state index contributed by atoms with van der Waals surface area (Å²) in [6.45, 7) is 0. The Morgan fingerprint density at radius 3 is 1.65 bits per heavy atom. The van der Waals surface area contributed by atoms with Crippen molar-refractivity contribution < 1.29 is 4.74 Å². The highest BCUT2D eigenvalue weighted by atomic mass is 32.2. The molecule has 1 nitrogen and oxygen atoms in total. The summed E-state index contributed by atoms with van der Waals surface area (Å²) in [6, 6.07) is 31.5. The second-order valence-corrected chi connectivity index (χ2v) is 6.54. The molecule has 0 N–H and O–H groups in total. The first-order valence-electron chi connectivity index (χ1n) is 7.73. The van der Waals surface area contributed by atoms with Crippen molar-refractivity contribution in [2.75, 3.05) is 7.11 Å². The van der Waals surface area contributed by atoms with E-state index in [0.29, 0.717) is 0 Å². The van der Waals surface area contributed by atoms with Crippen LogP contribution in [0.5, 0.6) is 0 Å². The van der Waals surface area contributed by atoms with Gasteiger partial charge < -0.3 is 4.74 Å². The molecule has 0 amide bonds. The van der Waals surface area contributed by atoms with E-state index in [-0.39, 0.29) is 11.4 Å². The zero-order valence-corrected chi connectivity index (χ0v) is 13.9. The van der Waals surface area contributed by atoms with E-state index in [2.05, 4.69) is 78.9 Å². The van der Waals surface area contributed by atoms with Gasteiger partial charge in [0, 0.05) is 12.0 Å². The molecule has 3 aromatic carbocycles. The summed E-state index contributed by atoms with van der Waals surface area (Å²) >= 11 is 1.84. The molecule has 0 saturated heterocycles. The fourth-order valence-electron chi connectivity index (χ4n) is 2.67. The van der Waals surface area contributed by atoms with Gasteiger partial charge in [0.1, 0.15) is 0 Å². The molecule has 0 aliphatic rings. The number of methoxy groups -OCH3 is 1. The fourth-order valence-corrected chi connectivity index (χ4v) is 3.96. The predicted octanol–water partition coefficient (Wildman–Crippen LogP) is 5.91. The van der Waals surface area contributed by atoms with Gasteiger partial charge in [-0.3, -0.25) is 0 Å². The van der Waals surface area contributed by atoms with E-state index in [0.717, 1.165) is 0 Å². The molecule has 0 bridgehead atoms. The first-order valence-corrected chi connectivity index (χ1v) is 8.61. The zero-order chi connectivity index (χ0) is 15.9. The van der Waals surface area contributed by atoms with Gasteiger partial charge >= 0.3 is 0 Å². The van der Waals surface area contributed by atoms with Crippen LogP contribution < -0.4 is 0 Å². The Hall–Kier alpha value is -2.03. The Kier molecular flexibility index (Phi) is 5.51. The normalized spacial score (nSPS) is 13.4. The highest BCUT2D eigenvalue weighted by Crippen LogP contribution is 2.45. The molecule has 0 aliphatic heterocycles. The van der Waals surface area contributed by atoms with E-state index < -0.39 is 0 Å². The molecule has 0 unspecified atom stereocenters. The molecule has 116 valence electrons. The van der Waals surface area contributed by atoms with Crippen LogP contribution in [0.25, 0.3) is 0 Å². The lowest BCUT2D eigenvalue weighted by Crippen LogP contribution is -2.10. The van der Waals surface area contributed by atoms with Gasteiger partial charge in [-0.15, -0.1) is 11.8 Å². The highest BCUT2D eigenvalue weighted by Gasteiger charge is 2.25. The van der Waals surface area contributed by atoms with E-state index in [9.17, 15) is 0 Å². The Labute approximate surface area is 142 Å². The van der Waals surface area contributed by atoms with Gasteiger partial charge in [-0.1, -0.05) is 78.9 Å². The minimum absolute atomic E-state index is 0.00352. The Morgan fingerprint density at radius 1 is 0.652 bits per heavy atom. The maximum Gasteiger partial charge on any atom is 0.0984 e. The summed E-state index contributed by atoms with van der Waals surface area (Å²) in [4.78, 5) is 1.25. The summed E-state index contributed by atoms with van der Waals surface area (Å²) in [5.74, 6) is 0. The second kappa shape index (κ2) is 8.00. The van der Waals surface area contributed by atoms with Crippen molar-refractivity contribution in [3.63, 3.8) is 0 Å². The van der Waals surface area contributed by atoms with Crippen molar-refractivity contribution >= 4 is 11.8 Å². The number of rotatable bonds is 6. The zero-order valence-electron chi connectivity index (χ0n) is 13.1. The molecule has 0 radical (unpaired) electrons. The summed E-state index contributed by atoms with van der Waals surface area (Å²) in [6.07, 6.45) is 0.00352. The Morgan fingerprint density at radius 2 is 1.13 bits per heavy atom. The lowest BCUT2D eigenvalue weighted by molar-refractivity contribution is 0.101. The van der Waals surface area contributed by atoms with Gasteiger partial charge in [-0.2, -0.15) is 0 Å². The van der Waals surface area contributed by atoms with Gasteiger partial charge in [0.05, 0.1) is 11.4 Å². The second-order valence-electron chi connectivity index (χ2n) is 5.33. The molecule has 0 saturated carbocycles. The smallest absolute Gasteiger partial charge is 0.0984 e. The van der Waals surface area contributed by atoms with Crippen LogP contribution in [-0.4, -0.2) is 7.11 Å². The van der Waals surface area contributed by atoms with Gasteiger partial charge in [0.25, 0.3) is 0 Å². The quantitative estimate of drug-likeness (QED) is 0.522. The molecule has 0 heterocycles. The molecular formula is C21H20OS. The van der Waals surface area contributed by atoms with Crippen LogP contribution >= 0.6 is 11.8 Å². The van der Waals surface area contributed by atoms with Crippen LogP contribution in [0.4, 0.5) is 0 Å². The minimum atomic E-state index is 0.00352. The molecule has 2 atom stereocenters. The first kappa shape index (κ1) is 15.9. The van der Waals surface area contributed by atoms with E-state index in [1.54, 1.807) is 7.11 Å². The molecule has 0 spiro atoms. The SMILES string of the molecule is CO[C@@H](c1ccccc1)[C@H](Sc1ccccc1)c1ccccc1. The topological polar surface area (TPSA) is 9.23 Å². The van der Waals surface area contributed by atoms with E-state index in [1.165, 1.54) is 16.0 Å². The number of hydrogen-bond acceptors (Lipinski definition) is 2. The van der Waals surface area contributed by atoms with Crippen molar-refractivity contribution in [3.05, 3.63) is 102 Å². The third kappa shape index (κ3) is 4.04. The number of ether oxygens (including phenoxy) is 1. The third-order valence-corrected chi connectivity index (χ3v) is 5.11. The van der Waals surface area contributed by atoms with Gasteiger partial charge in [0.2, 0.25) is 0 Å². The van der Waals surface area contributed by atoms with Crippen molar-refractivity contribution in [1.29, 1.82) is 0 Å². The number of benzene rings is 3. The van der Waals surface area contributed by atoms with Crippen LogP contribution in [0.2, 0.25) is 0 Å². The number of thioether (sulfide) groups is 1. The van der Waals surface area contributed by atoms with Gasteiger partial charge in [-0.25, -0.2) is 0 Å². The van der Waals surface area contributed by atoms with Gasteiger partial charge in [-0.05, 0) is 23.3 Å². The van der Waals surface area contributed by atoms with E-state index >= 15 is 0 Å². The van der Waals surface area contributed by atoms with Gasteiger partial charge in [0.15, 0.2) is 0 Å². The van der Waals surface area contributed by atoms with Crippen LogP contribution in [0.15, 0.2) is 95.9 Å². The van der Waals surface area contributed by atoms with E-state index in [1.807, 2.05) is 23.9 Å².